The van der Waals surface area contributed by atoms with Gasteiger partial charge in [-0.15, -0.1) is 0 Å². The molecule has 6 fully saturated rings. The maximum absolute atomic E-state index is 13.3. The molecule has 111 heavy (non-hydrogen) atoms. The van der Waals surface area contributed by atoms with E-state index in [1.54, 1.807) is 67.1 Å². The van der Waals surface area contributed by atoms with Gasteiger partial charge in [-0.3, -0.25) is 77.8 Å². The van der Waals surface area contributed by atoms with Gasteiger partial charge in [-0.2, -0.15) is 8.42 Å². The van der Waals surface area contributed by atoms with Gasteiger partial charge in [-0.25, -0.2) is 19.9 Å². The summed E-state index contributed by atoms with van der Waals surface area (Å²) in [6.07, 6.45) is 13.8. The van der Waals surface area contributed by atoms with Crippen LogP contribution in [0.25, 0.3) is 22.1 Å². The minimum atomic E-state index is -3.71. The summed E-state index contributed by atoms with van der Waals surface area (Å²) in [5, 5.41) is 14.5. The summed E-state index contributed by atoms with van der Waals surface area (Å²) in [6, 6.07) is 38.9. The third-order valence-corrected chi connectivity index (χ3v) is 23.1. The fourth-order valence-electron chi connectivity index (χ4n) is 15.5. The Balaban J connectivity index is 0.000000140. The molecule has 572 valence electrons. The lowest BCUT2D eigenvalue weighted by atomic mass is 9.93. The van der Waals surface area contributed by atoms with Crippen molar-refractivity contribution >= 4 is 125 Å². The molecule has 3 aromatic carbocycles. The van der Waals surface area contributed by atoms with E-state index in [-0.39, 0.29) is 49.0 Å². The van der Waals surface area contributed by atoms with Crippen LogP contribution in [0.3, 0.4) is 0 Å². The van der Waals surface area contributed by atoms with E-state index in [1.807, 2.05) is 92.0 Å². The number of nitrogens with one attached hydrogen (secondary N) is 5. The highest BCUT2D eigenvalue weighted by Gasteiger charge is 2.47. The first-order valence-corrected chi connectivity index (χ1v) is 39.3. The van der Waals surface area contributed by atoms with Crippen molar-refractivity contribution in [2.75, 3.05) is 122 Å². The van der Waals surface area contributed by atoms with Gasteiger partial charge in [0.15, 0.2) is 0 Å². The summed E-state index contributed by atoms with van der Waals surface area (Å²) in [4.78, 5) is 140. The van der Waals surface area contributed by atoms with Gasteiger partial charge in [0.2, 0.25) is 23.6 Å². The molecule has 0 saturated carbocycles. The molecule has 17 rings (SSSR count). The van der Waals surface area contributed by atoms with E-state index in [2.05, 4.69) is 87.1 Å². The Labute approximate surface area is 641 Å². The zero-order chi connectivity index (χ0) is 76.7. The highest BCUT2D eigenvalue weighted by atomic mass is 32.2. The predicted molar refractivity (Wildman–Crippen MR) is 418 cm³/mol. The van der Waals surface area contributed by atoms with Crippen LogP contribution in [0.15, 0.2) is 163 Å². The normalized spacial score (nSPS) is 19.3. The monoisotopic (exact) mass is 1520 g/mol. The maximum atomic E-state index is 13.3. The molecular weight excluding hydrogens is 1430 g/mol. The summed E-state index contributed by atoms with van der Waals surface area (Å²) in [5.41, 5.74) is 9.39. The average molecular weight is 1520 g/mol. The van der Waals surface area contributed by atoms with Crippen LogP contribution in [0, 0.1) is 18.8 Å². The summed E-state index contributed by atoms with van der Waals surface area (Å²) in [7, 11) is -3.71. The highest BCUT2D eigenvalue weighted by molar-refractivity contribution is 7.86. The van der Waals surface area contributed by atoms with Crippen molar-refractivity contribution in [3.63, 3.8) is 0 Å². The first-order valence-electron chi connectivity index (χ1n) is 37.9. The predicted octanol–water partition coefficient (Wildman–Crippen LogP) is 8.18. The Kier molecular flexibility index (Phi) is 22.4. The number of carbonyl (C=O) groups is 8. The van der Waals surface area contributed by atoms with E-state index in [1.165, 1.54) is 0 Å². The van der Waals surface area contributed by atoms with Crippen molar-refractivity contribution in [2.24, 2.45) is 11.8 Å². The number of rotatable bonds is 18. The van der Waals surface area contributed by atoms with Crippen LogP contribution in [0.5, 0.6) is 0 Å². The fraction of sp³-hybridized carbons (Fsp3) is 0.358. The molecule has 2 unspecified atom stereocenters. The first-order chi connectivity index (χ1) is 53.9. The third kappa shape index (κ3) is 17.2. The van der Waals surface area contributed by atoms with Crippen LogP contribution in [-0.4, -0.2) is 204 Å². The number of amides is 8. The number of imide groups is 4. The van der Waals surface area contributed by atoms with Crippen LogP contribution in [0.1, 0.15) is 111 Å². The number of piperidine rings is 4. The second kappa shape index (κ2) is 33.2. The quantitative estimate of drug-likeness (QED) is 0.0399. The molecule has 0 radical (unpaired) electrons. The Morgan fingerprint density at radius 1 is 0.450 bits per heavy atom. The number of aromatic nitrogens is 6. The summed E-state index contributed by atoms with van der Waals surface area (Å²) < 4.78 is 30.1. The number of nitrogens with zero attached hydrogens (tertiary/aromatic N) is 13. The second-order valence-corrected chi connectivity index (χ2v) is 30.6. The van der Waals surface area contributed by atoms with Gasteiger partial charge in [0, 0.05) is 151 Å². The smallest absolute Gasteiger partial charge is 0.296 e. The third-order valence-electron chi connectivity index (χ3n) is 21.8. The molecule has 8 aliphatic heterocycles. The standard InChI is InChI=1S/C37H39N9O4.C27H29N5O3S.C17H18N4O4/c47-34-8-6-31(35(48)42-34)46-36(49)27-4-3-26(23-28(27)37(46)50)44-20-18-43(19-21-44)15-10-24-11-16-45(17-12-24)33-22-25(9-14-39-33)40-32-7-5-29-30(41-32)2-1-13-38-29;1-20-4-6-23(7-5-20)36(33,34)35-18-13-21-11-16-32(17-12-21)27-19-22(10-15-29-27)30-26-9-8-24-25(31-26)3-2-14-28-24;22-14-4-3-13(15(23)19-14)21-16(24)11-2-1-10(9-12(11)17(21)25)20-7-5-18-6-8-20/h1-5,7,9,13-14,22-24,31H,6,8,10-12,15-21H2,(H,39,40,41)(H,42,47,48);2-10,14-15,19,21H,11-13,16-18H2,1H3,(H,29,30,31);1-2,9,13,18H,3-8H2,(H,19,22,23). The molecule has 0 bridgehead atoms. The van der Waals surface area contributed by atoms with E-state index >= 15 is 0 Å². The van der Waals surface area contributed by atoms with E-state index < -0.39 is 57.6 Å². The highest BCUT2D eigenvalue weighted by Crippen LogP contribution is 2.35. The summed E-state index contributed by atoms with van der Waals surface area (Å²) in [5.74, 6) is 0.701. The number of fused-ring (bicyclic) bond motifs is 4. The average Bonchev–Trinajstić information content (AvgIpc) is 1.61. The van der Waals surface area contributed by atoms with Crippen LogP contribution >= 0.6 is 0 Å². The lowest BCUT2D eigenvalue weighted by Crippen LogP contribution is -2.54. The summed E-state index contributed by atoms with van der Waals surface area (Å²) in [6.45, 7) is 13.8. The van der Waals surface area contributed by atoms with E-state index in [9.17, 15) is 46.8 Å². The number of hydrogen-bond acceptors (Lipinski definition) is 25. The van der Waals surface area contributed by atoms with Gasteiger partial charge in [-0.1, -0.05) is 17.7 Å². The molecule has 6 aromatic heterocycles. The van der Waals surface area contributed by atoms with E-state index in [0.717, 1.165) is 207 Å². The first kappa shape index (κ1) is 74.7. The Bertz CT molecular complexity index is 5160. The molecule has 9 aromatic rings. The molecular formula is C81H86N18O11S. The number of hydrogen-bond donors (Lipinski definition) is 5. The number of anilines is 8. The summed E-state index contributed by atoms with van der Waals surface area (Å²) >= 11 is 0. The molecule has 30 heteroatoms. The minimum Gasteiger partial charge on any atom is -0.369 e. The molecule has 14 heterocycles. The lowest BCUT2D eigenvalue weighted by Gasteiger charge is -2.38. The van der Waals surface area contributed by atoms with Crippen molar-refractivity contribution in [2.45, 2.75) is 88.1 Å². The topological polar surface area (TPSA) is 340 Å². The molecule has 5 N–H and O–H groups in total. The van der Waals surface area contributed by atoms with Crippen molar-refractivity contribution in [1.29, 1.82) is 0 Å². The Morgan fingerprint density at radius 2 is 0.919 bits per heavy atom. The minimum absolute atomic E-state index is 0.104. The van der Waals surface area contributed by atoms with Gasteiger partial charge < -0.3 is 35.6 Å². The molecule has 8 aliphatic rings. The van der Waals surface area contributed by atoms with Crippen molar-refractivity contribution < 1.29 is 51.0 Å². The fourth-order valence-corrected chi connectivity index (χ4v) is 16.4. The Hall–Kier alpha value is -11.7. The zero-order valence-electron chi connectivity index (χ0n) is 61.5. The molecule has 2 atom stereocenters. The number of aryl methyl sites for hydroxylation is 1. The van der Waals surface area contributed by atoms with Gasteiger partial charge in [0.25, 0.3) is 33.7 Å². The van der Waals surface area contributed by atoms with Crippen LogP contribution < -0.4 is 46.2 Å². The maximum Gasteiger partial charge on any atom is 0.296 e. The van der Waals surface area contributed by atoms with Gasteiger partial charge in [-0.05, 0) is 186 Å². The van der Waals surface area contributed by atoms with Gasteiger partial charge in [0.05, 0.1) is 55.8 Å². The molecule has 0 spiro atoms. The molecule has 29 nitrogen and oxygen atoms in total. The Morgan fingerprint density at radius 3 is 1.41 bits per heavy atom. The number of pyridine rings is 6. The van der Waals surface area contributed by atoms with Crippen LogP contribution in [0.2, 0.25) is 0 Å². The number of benzene rings is 3. The van der Waals surface area contributed by atoms with E-state index in [4.69, 9.17) is 4.18 Å². The van der Waals surface area contributed by atoms with Crippen LogP contribution in [-0.2, 0) is 33.5 Å². The SMILES string of the molecule is Cc1ccc(S(=O)(=O)OCCC2CCN(c3cc(Nc4ccc5ncccc5n4)ccn3)CC2)cc1.O=C1CCC(N2C(=O)c3ccc(N4CCN(CCC5CCN(c6cc(Nc7ccc8ncccc8n7)ccn6)CC5)CC4)cc3C2=O)C(=O)N1.O=C1CCC(N2C(=O)c3ccc(N4CCNCC4)cc3C2=O)C(=O)N1. The van der Waals surface area contributed by atoms with E-state index in [0.29, 0.717) is 34.1 Å². The van der Waals surface area contributed by atoms with Gasteiger partial charge >= 0.3 is 0 Å². The van der Waals surface area contributed by atoms with Crippen LogP contribution in [0.4, 0.5) is 46.0 Å². The van der Waals surface area contributed by atoms with Gasteiger partial charge in [0.1, 0.15) is 35.4 Å². The van der Waals surface area contributed by atoms with Crippen molar-refractivity contribution in [3.05, 3.63) is 186 Å². The largest absolute Gasteiger partial charge is 0.369 e. The molecule has 8 amide bonds. The van der Waals surface area contributed by atoms with Crippen molar-refractivity contribution in [3.8, 4) is 0 Å². The zero-order valence-corrected chi connectivity index (χ0v) is 62.3. The second-order valence-electron chi connectivity index (χ2n) is 29.0. The molecule has 6 saturated heterocycles. The number of piperazine rings is 2. The lowest BCUT2D eigenvalue weighted by molar-refractivity contribution is -0.137. The molecule has 0 aliphatic carbocycles. The van der Waals surface area contributed by atoms with Crippen molar-refractivity contribution in [1.82, 2.24) is 60.6 Å². The number of carbonyl (C=O) groups excluding carboxylic acids is 8.